The second-order valence-corrected chi connectivity index (χ2v) is 5.80. The van der Waals surface area contributed by atoms with Gasteiger partial charge in [-0.25, -0.2) is 0 Å². The maximum atomic E-state index is 10.5. The van der Waals surface area contributed by atoms with Gasteiger partial charge in [0.05, 0.1) is 11.3 Å². The number of hydrogen-bond donors (Lipinski definition) is 1. The van der Waals surface area contributed by atoms with E-state index < -0.39 is 5.60 Å². The summed E-state index contributed by atoms with van der Waals surface area (Å²) in [5, 5.41) is 14.9. The van der Waals surface area contributed by atoms with Crippen molar-refractivity contribution >= 4 is 0 Å². The van der Waals surface area contributed by atoms with Crippen LogP contribution in [0.2, 0.25) is 0 Å². The van der Waals surface area contributed by atoms with Gasteiger partial charge in [0.25, 0.3) is 0 Å². The lowest BCUT2D eigenvalue weighted by Gasteiger charge is -2.37. The zero-order chi connectivity index (χ0) is 12.6. The van der Waals surface area contributed by atoms with Gasteiger partial charge in [0.15, 0.2) is 0 Å². The second kappa shape index (κ2) is 4.21. The fraction of sp³-hybridized carbons (Fsp3) is 0.769. The largest absolute Gasteiger partial charge is 0.389 e. The third-order valence-corrected chi connectivity index (χ3v) is 3.53. The standard InChI is InChI=1S/C13H24N2O/c1-7-10-8-11(15(6)14-10)9-13(5,16)12(2,3)4/h8,16H,7,9H2,1-6H3. The van der Waals surface area contributed by atoms with Gasteiger partial charge in [-0.2, -0.15) is 5.10 Å². The highest BCUT2D eigenvalue weighted by molar-refractivity contribution is 5.13. The average molecular weight is 224 g/mol. The molecule has 0 saturated heterocycles. The predicted octanol–water partition coefficient (Wildman–Crippen LogP) is 2.32. The Hall–Kier alpha value is -0.830. The number of aryl methyl sites for hydroxylation is 2. The molecule has 3 nitrogen and oxygen atoms in total. The topological polar surface area (TPSA) is 38.0 Å². The van der Waals surface area contributed by atoms with Crippen LogP contribution < -0.4 is 0 Å². The highest BCUT2D eigenvalue weighted by atomic mass is 16.3. The quantitative estimate of drug-likeness (QED) is 0.855. The number of hydrogen-bond acceptors (Lipinski definition) is 2. The van der Waals surface area contributed by atoms with E-state index in [0.717, 1.165) is 17.8 Å². The SMILES string of the molecule is CCc1cc(CC(C)(O)C(C)(C)C)n(C)n1. The Morgan fingerprint density at radius 3 is 2.25 bits per heavy atom. The molecule has 0 aromatic carbocycles. The van der Waals surface area contributed by atoms with E-state index in [1.165, 1.54) is 0 Å². The summed E-state index contributed by atoms with van der Waals surface area (Å²) in [6, 6.07) is 2.08. The molecule has 0 amide bonds. The molecule has 1 aromatic rings. The fourth-order valence-electron chi connectivity index (χ4n) is 1.53. The van der Waals surface area contributed by atoms with Crippen LogP contribution in [0, 0.1) is 5.41 Å². The van der Waals surface area contributed by atoms with E-state index in [1.54, 1.807) is 0 Å². The van der Waals surface area contributed by atoms with Gasteiger partial charge in [0.1, 0.15) is 0 Å². The van der Waals surface area contributed by atoms with Gasteiger partial charge < -0.3 is 5.11 Å². The number of aromatic nitrogens is 2. The van der Waals surface area contributed by atoms with Crippen molar-refractivity contribution in [3.63, 3.8) is 0 Å². The zero-order valence-corrected chi connectivity index (χ0v) is 11.3. The Labute approximate surface area is 98.5 Å². The van der Waals surface area contributed by atoms with E-state index in [-0.39, 0.29) is 5.41 Å². The molecule has 0 fully saturated rings. The van der Waals surface area contributed by atoms with Crippen LogP contribution in [-0.2, 0) is 19.9 Å². The average Bonchev–Trinajstić information content (AvgIpc) is 2.44. The molecule has 0 aliphatic carbocycles. The lowest BCUT2D eigenvalue weighted by atomic mass is 9.75. The van der Waals surface area contributed by atoms with E-state index in [2.05, 4.69) is 38.9 Å². The van der Waals surface area contributed by atoms with E-state index in [0.29, 0.717) is 6.42 Å². The zero-order valence-electron chi connectivity index (χ0n) is 11.3. The summed E-state index contributed by atoms with van der Waals surface area (Å²) < 4.78 is 1.87. The summed E-state index contributed by atoms with van der Waals surface area (Å²) >= 11 is 0. The van der Waals surface area contributed by atoms with Gasteiger partial charge in [-0.3, -0.25) is 4.68 Å². The molecule has 1 N–H and O–H groups in total. The highest BCUT2D eigenvalue weighted by Gasteiger charge is 2.36. The molecule has 0 saturated carbocycles. The van der Waals surface area contributed by atoms with Gasteiger partial charge in [-0.05, 0) is 24.8 Å². The number of aliphatic hydroxyl groups is 1. The highest BCUT2D eigenvalue weighted by Crippen LogP contribution is 2.32. The van der Waals surface area contributed by atoms with Gasteiger partial charge in [0.2, 0.25) is 0 Å². The van der Waals surface area contributed by atoms with Crippen LogP contribution in [0.15, 0.2) is 6.07 Å². The molecule has 92 valence electrons. The summed E-state index contributed by atoms with van der Waals surface area (Å²) in [5.74, 6) is 0. The van der Waals surface area contributed by atoms with Crippen molar-refractivity contribution in [2.75, 3.05) is 0 Å². The predicted molar refractivity (Wildman–Crippen MR) is 66.4 cm³/mol. The lowest BCUT2D eigenvalue weighted by molar-refractivity contribution is -0.0418. The normalized spacial score (nSPS) is 16.2. The first-order chi connectivity index (χ1) is 7.17. The molecule has 0 radical (unpaired) electrons. The van der Waals surface area contributed by atoms with Crippen LogP contribution in [0.4, 0.5) is 0 Å². The van der Waals surface area contributed by atoms with Gasteiger partial charge in [0, 0.05) is 19.2 Å². The minimum atomic E-state index is -0.716. The monoisotopic (exact) mass is 224 g/mol. The minimum Gasteiger partial charge on any atom is -0.389 e. The van der Waals surface area contributed by atoms with Crippen molar-refractivity contribution in [3.05, 3.63) is 17.5 Å². The van der Waals surface area contributed by atoms with Crippen molar-refractivity contribution in [1.82, 2.24) is 9.78 Å². The molecule has 0 spiro atoms. The molecule has 1 atom stereocenters. The third kappa shape index (κ3) is 2.64. The Kier molecular flexibility index (Phi) is 3.48. The molecule has 0 aliphatic heterocycles. The summed E-state index contributed by atoms with van der Waals surface area (Å²) in [6.07, 6.45) is 1.57. The third-order valence-electron chi connectivity index (χ3n) is 3.53. The van der Waals surface area contributed by atoms with Crippen LogP contribution in [0.5, 0.6) is 0 Å². The number of nitrogens with zero attached hydrogens (tertiary/aromatic N) is 2. The Balaban J connectivity index is 2.92. The summed E-state index contributed by atoms with van der Waals surface area (Å²) in [6.45, 7) is 10.2. The molecule has 0 aliphatic rings. The van der Waals surface area contributed by atoms with Gasteiger partial charge >= 0.3 is 0 Å². The summed E-state index contributed by atoms with van der Waals surface area (Å²) in [7, 11) is 1.94. The molecule has 1 heterocycles. The molecule has 3 heteroatoms. The maximum absolute atomic E-state index is 10.5. The van der Waals surface area contributed by atoms with Gasteiger partial charge in [-0.1, -0.05) is 27.7 Å². The Bertz CT molecular complexity index is 358. The Morgan fingerprint density at radius 1 is 1.31 bits per heavy atom. The van der Waals surface area contributed by atoms with E-state index >= 15 is 0 Å². The summed E-state index contributed by atoms with van der Waals surface area (Å²) in [5.41, 5.74) is 1.33. The van der Waals surface area contributed by atoms with E-state index in [1.807, 2.05) is 18.7 Å². The van der Waals surface area contributed by atoms with Crippen LogP contribution in [-0.4, -0.2) is 20.5 Å². The van der Waals surface area contributed by atoms with Crippen LogP contribution >= 0.6 is 0 Å². The van der Waals surface area contributed by atoms with Crippen molar-refractivity contribution in [2.24, 2.45) is 12.5 Å². The van der Waals surface area contributed by atoms with Crippen molar-refractivity contribution in [2.45, 2.75) is 53.1 Å². The molecule has 1 unspecified atom stereocenters. The molecule has 1 aromatic heterocycles. The fourth-order valence-corrected chi connectivity index (χ4v) is 1.53. The first kappa shape index (κ1) is 13.2. The van der Waals surface area contributed by atoms with Crippen LogP contribution in [0.25, 0.3) is 0 Å². The first-order valence-electron chi connectivity index (χ1n) is 5.91. The van der Waals surface area contributed by atoms with E-state index in [4.69, 9.17) is 0 Å². The first-order valence-corrected chi connectivity index (χ1v) is 5.91. The minimum absolute atomic E-state index is 0.135. The lowest BCUT2D eigenvalue weighted by Crippen LogP contribution is -2.42. The number of rotatable bonds is 3. The molecule has 1 rings (SSSR count). The molecule has 0 bridgehead atoms. The Morgan fingerprint density at radius 2 is 1.88 bits per heavy atom. The summed E-state index contributed by atoms with van der Waals surface area (Å²) in [4.78, 5) is 0. The molecule has 16 heavy (non-hydrogen) atoms. The second-order valence-electron chi connectivity index (χ2n) is 5.80. The molecular weight excluding hydrogens is 200 g/mol. The van der Waals surface area contributed by atoms with Crippen molar-refractivity contribution in [3.8, 4) is 0 Å². The van der Waals surface area contributed by atoms with E-state index in [9.17, 15) is 5.11 Å². The maximum Gasteiger partial charge on any atom is 0.0722 e. The molecular formula is C13H24N2O. The van der Waals surface area contributed by atoms with Gasteiger partial charge in [-0.15, -0.1) is 0 Å². The smallest absolute Gasteiger partial charge is 0.0722 e. The van der Waals surface area contributed by atoms with Crippen molar-refractivity contribution in [1.29, 1.82) is 0 Å². The van der Waals surface area contributed by atoms with Crippen LogP contribution in [0.1, 0.15) is 46.0 Å². The van der Waals surface area contributed by atoms with Crippen LogP contribution in [0.3, 0.4) is 0 Å². The van der Waals surface area contributed by atoms with Crippen molar-refractivity contribution < 1.29 is 5.11 Å².